The number of benzene rings is 3. The van der Waals surface area contributed by atoms with Crippen molar-refractivity contribution in [3.8, 4) is 11.3 Å². The minimum absolute atomic E-state index is 0.0776. The molecule has 4 aromatic rings. The van der Waals surface area contributed by atoms with E-state index in [2.05, 4.69) is 54.0 Å². The van der Waals surface area contributed by atoms with Crippen molar-refractivity contribution in [1.29, 1.82) is 0 Å². The Balaban J connectivity index is 1.36. The van der Waals surface area contributed by atoms with Crippen molar-refractivity contribution in [2.24, 2.45) is 0 Å². The molecule has 36 heavy (non-hydrogen) atoms. The number of hydrogen-bond acceptors (Lipinski definition) is 4. The molecule has 0 radical (unpaired) electrons. The van der Waals surface area contributed by atoms with Gasteiger partial charge in [-0.1, -0.05) is 74.0 Å². The van der Waals surface area contributed by atoms with Crippen molar-refractivity contribution < 1.29 is 14.3 Å². The first kappa shape index (κ1) is 25.6. The second-order valence-corrected chi connectivity index (χ2v) is 9.92. The van der Waals surface area contributed by atoms with E-state index in [0.29, 0.717) is 23.7 Å². The quantitative estimate of drug-likeness (QED) is 0.208. The fourth-order valence-electron chi connectivity index (χ4n) is 4.31. The second-order valence-electron chi connectivity index (χ2n) is 8.98. The third-order valence-corrected chi connectivity index (χ3v) is 7.16. The van der Waals surface area contributed by atoms with Gasteiger partial charge in [-0.3, -0.25) is 4.79 Å². The number of carboxylic acids is 1. The lowest BCUT2D eigenvalue weighted by Gasteiger charge is -2.16. The lowest BCUT2D eigenvalue weighted by molar-refractivity contribution is -0.136. The Morgan fingerprint density at radius 3 is 2.56 bits per heavy atom. The molecule has 0 spiro atoms. The summed E-state index contributed by atoms with van der Waals surface area (Å²) in [7, 11) is 0. The minimum atomic E-state index is -0.926. The number of aryl methyl sites for hydroxylation is 1. The Bertz CT molecular complexity index is 1270. The van der Waals surface area contributed by atoms with Crippen molar-refractivity contribution in [2.75, 3.05) is 5.32 Å². The van der Waals surface area contributed by atoms with Crippen molar-refractivity contribution in [3.05, 3.63) is 106 Å². The van der Waals surface area contributed by atoms with Crippen molar-refractivity contribution in [1.82, 2.24) is 4.98 Å². The number of carbonyl (C=O) groups is 1. The SMILES string of the molecule is CCCC(Cc1nc(-c2ccccc2)cs1)c1ccc(CNc2ccc(CCC(=O)O)c(F)c2)cc1. The molecule has 1 heterocycles. The molecule has 0 aliphatic heterocycles. The number of anilines is 1. The molecule has 0 saturated heterocycles. The molecule has 0 saturated carbocycles. The van der Waals surface area contributed by atoms with Gasteiger partial charge in [-0.2, -0.15) is 0 Å². The number of hydrogen-bond donors (Lipinski definition) is 2. The highest BCUT2D eigenvalue weighted by molar-refractivity contribution is 7.09. The van der Waals surface area contributed by atoms with Gasteiger partial charge in [-0.25, -0.2) is 9.37 Å². The molecule has 4 nitrogen and oxygen atoms in total. The Kier molecular flexibility index (Phi) is 8.85. The predicted molar refractivity (Wildman–Crippen MR) is 145 cm³/mol. The van der Waals surface area contributed by atoms with Gasteiger partial charge < -0.3 is 10.4 Å². The number of thiazole rings is 1. The van der Waals surface area contributed by atoms with Gasteiger partial charge >= 0.3 is 5.97 Å². The molecule has 4 rings (SSSR count). The fraction of sp³-hybridized carbons (Fsp3) is 0.267. The summed E-state index contributed by atoms with van der Waals surface area (Å²) in [5.74, 6) is -0.888. The maximum absolute atomic E-state index is 14.3. The summed E-state index contributed by atoms with van der Waals surface area (Å²) >= 11 is 1.73. The number of aromatic nitrogens is 1. The third-order valence-electron chi connectivity index (χ3n) is 6.29. The average Bonchev–Trinajstić information content (AvgIpc) is 3.36. The molecule has 0 aliphatic rings. The van der Waals surface area contributed by atoms with E-state index >= 15 is 0 Å². The van der Waals surface area contributed by atoms with E-state index in [0.717, 1.165) is 41.1 Å². The molecular weight excluding hydrogens is 471 g/mol. The molecule has 186 valence electrons. The summed E-state index contributed by atoms with van der Waals surface area (Å²) in [6.07, 6.45) is 3.25. The Morgan fingerprint density at radius 2 is 1.86 bits per heavy atom. The van der Waals surface area contributed by atoms with E-state index in [-0.39, 0.29) is 18.7 Å². The second kappa shape index (κ2) is 12.5. The van der Waals surface area contributed by atoms with E-state index in [9.17, 15) is 9.18 Å². The molecule has 0 bridgehead atoms. The molecule has 0 fully saturated rings. The maximum Gasteiger partial charge on any atom is 0.303 e. The number of aliphatic carboxylic acids is 1. The number of nitrogens with one attached hydrogen (secondary N) is 1. The summed E-state index contributed by atoms with van der Waals surface area (Å²) in [5, 5.41) is 15.4. The van der Waals surface area contributed by atoms with E-state index in [1.807, 2.05) is 18.2 Å². The molecule has 3 aromatic carbocycles. The van der Waals surface area contributed by atoms with Crippen LogP contribution in [0.1, 0.15) is 53.8 Å². The highest BCUT2D eigenvalue weighted by atomic mass is 32.1. The van der Waals surface area contributed by atoms with Crippen LogP contribution in [0.3, 0.4) is 0 Å². The van der Waals surface area contributed by atoms with Crippen LogP contribution >= 0.6 is 11.3 Å². The topological polar surface area (TPSA) is 62.2 Å². The van der Waals surface area contributed by atoms with Gasteiger partial charge in [0.1, 0.15) is 5.82 Å². The van der Waals surface area contributed by atoms with Crippen LogP contribution in [0.5, 0.6) is 0 Å². The van der Waals surface area contributed by atoms with Crippen LogP contribution in [0, 0.1) is 5.82 Å². The zero-order valence-corrected chi connectivity index (χ0v) is 21.2. The molecule has 0 aliphatic carbocycles. The molecule has 1 unspecified atom stereocenters. The van der Waals surface area contributed by atoms with Gasteiger partial charge in [-0.05, 0) is 47.6 Å². The Hall–Kier alpha value is -3.51. The molecular formula is C30H31FN2O2S. The van der Waals surface area contributed by atoms with Crippen LogP contribution in [0.15, 0.2) is 78.2 Å². The van der Waals surface area contributed by atoms with Gasteiger partial charge in [-0.15, -0.1) is 11.3 Å². The maximum atomic E-state index is 14.3. The third kappa shape index (κ3) is 7.01. The van der Waals surface area contributed by atoms with Crippen LogP contribution in [-0.2, 0) is 24.2 Å². The largest absolute Gasteiger partial charge is 0.481 e. The highest BCUT2D eigenvalue weighted by Crippen LogP contribution is 2.30. The zero-order valence-electron chi connectivity index (χ0n) is 20.4. The smallest absolute Gasteiger partial charge is 0.303 e. The lowest BCUT2D eigenvalue weighted by Crippen LogP contribution is -2.05. The lowest BCUT2D eigenvalue weighted by atomic mass is 9.91. The van der Waals surface area contributed by atoms with Crippen molar-refractivity contribution in [2.45, 2.75) is 51.5 Å². The minimum Gasteiger partial charge on any atom is -0.481 e. The summed E-state index contributed by atoms with van der Waals surface area (Å²) in [6, 6.07) is 23.8. The van der Waals surface area contributed by atoms with E-state index in [4.69, 9.17) is 10.1 Å². The van der Waals surface area contributed by atoms with Crippen molar-refractivity contribution in [3.63, 3.8) is 0 Å². The molecule has 1 atom stereocenters. The van der Waals surface area contributed by atoms with E-state index in [1.165, 1.54) is 11.6 Å². The zero-order chi connectivity index (χ0) is 25.3. The number of halogens is 1. The summed E-state index contributed by atoms with van der Waals surface area (Å²) in [4.78, 5) is 15.6. The van der Waals surface area contributed by atoms with Crippen molar-refractivity contribution >= 4 is 23.0 Å². The van der Waals surface area contributed by atoms with Crippen LogP contribution in [0.2, 0.25) is 0 Å². The van der Waals surface area contributed by atoms with Gasteiger partial charge in [0.15, 0.2) is 0 Å². The monoisotopic (exact) mass is 502 g/mol. The highest BCUT2D eigenvalue weighted by Gasteiger charge is 2.15. The first-order valence-electron chi connectivity index (χ1n) is 12.3. The molecule has 2 N–H and O–H groups in total. The van der Waals surface area contributed by atoms with Crippen LogP contribution in [0.25, 0.3) is 11.3 Å². The Morgan fingerprint density at radius 1 is 1.08 bits per heavy atom. The first-order valence-corrected chi connectivity index (χ1v) is 13.2. The predicted octanol–water partition coefficient (Wildman–Crippen LogP) is 7.70. The van der Waals surface area contributed by atoms with Gasteiger partial charge in [0.25, 0.3) is 0 Å². The molecule has 6 heteroatoms. The molecule has 0 amide bonds. The summed E-state index contributed by atoms with van der Waals surface area (Å²) < 4.78 is 14.3. The standard InChI is InChI=1S/C30H31FN2O2S/c1-2-6-25(17-29-33-28(20-36-29)24-7-4-3-5-8-24)22-11-9-21(10-12-22)19-32-26-15-13-23(27(31)18-26)14-16-30(34)35/h3-5,7-13,15,18,20,25,32H,2,6,14,16-17,19H2,1H3,(H,34,35). The van der Waals surface area contributed by atoms with Gasteiger partial charge in [0.2, 0.25) is 0 Å². The average molecular weight is 503 g/mol. The normalized spacial score (nSPS) is 11.8. The van der Waals surface area contributed by atoms with Crippen LogP contribution in [-0.4, -0.2) is 16.1 Å². The Labute approximate surface area is 215 Å². The van der Waals surface area contributed by atoms with Gasteiger partial charge in [0.05, 0.1) is 10.7 Å². The fourth-order valence-corrected chi connectivity index (χ4v) is 5.19. The summed E-state index contributed by atoms with van der Waals surface area (Å²) in [6.45, 7) is 2.80. The van der Waals surface area contributed by atoms with E-state index < -0.39 is 5.97 Å². The van der Waals surface area contributed by atoms with E-state index in [1.54, 1.807) is 23.5 Å². The number of rotatable bonds is 12. The summed E-state index contributed by atoms with van der Waals surface area (Å²) in [5.41, 5.74) is 5.72. The van der Waals surface area contributed by atoms with Gasteiger partial charge in [0, 0.05) is 36.0 Å². The number of nitrogens with zero attached hydrogens (tertiary/aromatic N) is 1. The number of carboxylic acid groups (broad SMARTS) is 1. The van der Waals surface area contributed by atoms with Crippen LogP contribution in [0.4, 0.5) is 10.1 Å². The molecule has 1 aromatic heterocycles. The first-order chi connectivity index (χ1) is 17.5. The van der Waals surface area contributed by atoms with Crippen LogP contribution < -0.4 is 5.32 Å².